The topological polar surface area (TPSA) is 52.7 Å². The average Bonchev–Trinajstić information content (AvgIpc) is 2.79. The van der Waals surface area contributed by atoms with Gasteiger partial charge in [0.2, 0.25) is 0 Å². The number of carbonyl (C=O) groups is 2. The number of aryl methyl sites for hydroxylation is 2. The molecule has 3 aromatic carbocycles. The molecule has 2 amide bonds. The summed E-state index contributed by atoms with van der Waals surface area (Å²) in [6.45, 7) is 6.62. The molecule has 0 radical (unpaired) electrons. The van der Waals surface area contributed by atoms with Crippen LogP contribution < -0.4 is 10.2 Å². The third kappa shape index (κ3) is 4.94. The number of hydrogen-bond acceptors (Lipinski definition) is 3. The van der Waals surface area contributed by atoms with Crippen molar-refractivity contribution in [1.82, 2.24) is 4.90 Å². The van der Waals surface area contributed by atoms with Crippen LogP contribution in [0.1, 0.15) is 31.8 Å². The van der Waals surface area contributed by atoms with Gasteiger partial charge in [-0.2, -0.15) is 0 Å². The van der Waals surface area contributed by atoms with Gasteiger partial charge in [0.1, 0.15) is 0 Å². The molecule has 1 aliphatic rings. The van der Waals surface area contributed by atoms with Crippen molar-refractivity contribution in [2.45, 2.75) is 13.8 Å². The monoisotopic (exact) mass is 447 g/mol. The van der Waals surface area contributed by atoms with Gasteiger partial charge in [0.15, 0.2) is 0 Å². The molecule has 164 valence electrons. The number of nitrogens with one attached hydrogen (secondary N) is 1. The Kier molecular flexibility index (Phi) is 6.47. The first-order valence-electron chi connectivity index (χ1n) is 10.7. The number of rotatable bonds is 4. The van der Waals surface area contributed by atoms with Crippen molar-refractivity contribution in [3.05, 3.63) is 94.0 Å². The number of benzene rings is 3. The van der Waals surface area contributed by atoms with Crippen molar-refractivity contribution in [1.29, 1.82) is 0 Å². The number of amides is 2. The van der Waals surface area contributed by atoms with E-state index < -0.39 is 0 Å². The van der Waals surface area contributed by atoms with Gasteiger partial charge >= 0.3 is 0 Å². The van der Waals surface area contributed by atoms with E-state index in [0.717, 1.165) is 16.8 Å². The van der Waals surface area contributed by atoms with Gasteiger partial charge in [-0.25, -0.2) is 0 Å². The second kappa shape index (κ2) is 9.45. The lowest BCUT2D eigenvalue weighted by molar-refractivity contribution is 0.0746. The number of halogens is 1. The van der Waals surface area contributed by atoms with Crippen LogP contribution in [0.2, 0.25) is 5.02 Å². The molecule has 1 aliphatic heterocycles. The van der Waals surface area contributed by atoms with Gasteiger partial charge in [0, 0.05) is 43.0 Å². The molecule has 4 rings (SSSR count). The van der Waals surface area contributed by atoms with Crippen molar-refractivity contribution < 1.29 is 9.59 Å². The molecule has 0 spiro atoms. The van der Waals surface area contributed by atoms with Crippen LogP contribution >= 0.6 is 11.6 Å². The molecule has 6 heteroatoms. The van der Waals surface area contributed by atoms with Gasteiger partial charge in [-0.1, -0.05) is 47.0 Å². The van der Waals surface area contributed by atoms with Crippen molar-refractivity contribution in [2.75, 3.05) is 36.4 Å². The van der Waals surface area contributed by atoms with E-state index in [1.807, 2.05) is 79.4 Å². The molecular formula is C26H26ClN3O2. The minimum atomic E-state index is -0.159. The molecule has 1 saturated heterocycles. The number of anilines is 2. The molecule has 32 heavy (non-hydrogen) atoms. The Balaban J connectivity index is 1.39. The largest absolute Gasteiger partial charge is 0.367 e. The SMILES string of the molecule is Cc1cc(C)cc(C(=O)Nc2ccc(N3CCN(C(=O)c4ccccc4)CC3)c(Cl)c2)c1. The summed E-state index contributed by atoms with van der Waals surface area (Å²) in [4.78, 5) is 29.3. The highest BCUT2D eigenvalue weighted by atomic mass is 35.5. The van der Waals surface area contributed by atoms with Gasteiger partial charge in [-0.05, 0) is 56.3 Å². The third-order valence-corrected chi connectivity index (χ3v) is 5.92. The first-order chi connectivity index (χ1) is 15.4. The maximum atomic E-state index is 12.7. The first-order valence-corrected chi connectivity index (χ1v) is 11.1. The average molecular weight is 448 g/mol. The van der Waals surface area contributed by atoms with Crippen molar-refractivity contribution in [3.63, 3.8) is 0 Å². The second-order valence-electron chi connectivity index (χ2n) is 8.14. The Morgan fingerprint density at radius 2 is 1.47 bits per heavy atom. The van der Waals surface area contributed by atoms with E-state index in [0.29, 0.717) is 48.0 Å². The summed E-state index contributed by atoms with van der Waals surface area (Å²) in [7, 11) is 0. The zero-order valence-corrected chi connectivity index (χ0v) is 19.0. The fourth-order valence-electron chi connectivity index (χ4n) is 4.06. The van der Waals surface area contributed by atoms with Gasteiger partial charge in [0.05, 0.1) is 10.7 Å². The summed E-state index contributed by atoms with van der Waals surface area (Å²) in [5.41, 5.74) is 5.00. The second-order valence-corrected chi connectivity index (χ2v) is 8.55. The number of piperazine rings is 1. The summed E-state index contributed by atoms with van der Waals surface area (Å²) in [5, 5.41) is 3.50. The molecule has 1 N–H and O–H groups in total. The highest BCUT2D eigenvalue weighted by molar-refractivity contribution is 6.33. The van der Waals surface area contributed by atoms with Gasteiger partial charge in [0.25, 0.3) is 11.8 Å². The van der Waals surface area contributed by atoms with E-state index in [9.17, 15) is 9.59 Å². The predicted molar refractivity (Wildman–Crippen MR) is 130 cm³/mol. The highest BCUT2D eigenvalue weighted by Gasteiger charge is 2.23. The number of nitrogens with zero attached hydrogens (tertiary/aromatic N) is 2. The van der Waals surface area contributed by atoms with E-state index in [1.54, 1.807) is 6.07 Å². The molecule has 1 fully saturated rings. The molecular weight excluding hydrogens is 422 g/mol. The number of carbonyl (C=O) groups excluding carboxylic acids is 2. The minimum absolute atomic E-state index is 0.0563. The lowest BCUT2D eigenvalue weighted by Gasteiger charge is -2.36. The predicted octanol–water partition coefficient (Wildman–Crippen LogP) is 5.17. The summed E-state index contributed by atoms with van der Waals surface area (Å²) >= 11 is 6.56. The smallest absolute Gasteiger partial charge is 0.255 e. The molecule has 0 atom stereocenters. The minimum Gasteiger partial charge on any atom is -0.367 e. The molecule has 3 aromatic rings. The molecule has 0 saturated carbocycles. The van der Waals surface area contributed by atoms with Crippen LogP contribution in [0.3, 0.4) is 0 Å². The molecule has 0 aliphatic carbocycles. The molecule has 0 bridgehead atoms. The fourth-order valence-corrected chi connectivity index (χ4v) is 4.36. The maximum Gasteiger partial charge on any atom is 0.255 e. The van der Waals surface area contributed by atoms with Crippen LogP contribution in [0.15, 0.2) is 66.7 Å². The van der Waals surface area contributed by atoms with E-state index >= 15 is 0 Å². The zero-order valence-electron chi connectivity index (χ0n) is 18.3. The van der Waals surface area contributed by atoms with Crippen molar-refractivity contribution in [3.8, 4) is 0 Å². The van der Waals surface area contributed by atoms with E-state index in [-0.39, 0.29) is 11.8 Å². The van der Waals surface area contributed by atoms with Gasteiger partial charge in [-0.15, -0.1) is 0 Å². The Bertz CT molecular complexity index is 1120. The molecule has 1 heterocycles. The number of hydrogen-bond donors (Lipinski definition) is 1. The van der Waals surface area contributed by atoms with Crippen LogP contribution in [-0.4, -0.2) is 42.9 Å². The fraction of sp³-hybridized carbons (Fsp3) is 0.231. The molecule has 0 unspecified atom stereocenters. The van der Waals surface area contributed by atoms with E-state index in [4.69, 9.17) is 11.6 Å². The van der Waals surface area contributed by atoms with Crippen molar-refractivity contribution in [2.24, 2.45) is 0 Å². The Hall–Kier alpha value is -3.31. The lowest BCUT2D eigenvalue weighted by Crippen LogP contribution is -2.48. The highest BCUT2D eigenvalue weighted by Crippen LogP contribution is 2.30. The normalized spacial score (nSPS) is 13.7. The Labute approximate surface area is 193 Å². The van der Waals surface area contributed by atoms with Gasteiger partial charge in [-0.3, -0.25) is 9.59 Å². The molecule has 5 nitrogen and oxygen atoms in total. The standard InChI is InChI=1S/C26H26ClN3O2/c1-18-14-19(2)16-21(15-18)25(31)28-22-8-9-24(23(27)17-22)29-10-12-30(13-11-29)26(32)20-6-4-3-5-7-20/h3-9,14-17H,10-13H2,1-2H3,(H,28,31). The molecule has 0 aromatic heterocycles. The van der Waals surface area contributed by atoms with E-state index in [1.165, 1.54) is 0 Å². The van der Waals surface area contributed by atoms with E-state index in [2.05, 4.69) is 10.2 Å². The zero-order chi connectivity index (χ0) is 22.7. The van der Waals surface area contributed by atoms with Crippen LogP contribution in [0.4, 0.5) is 11.4 Å². The third-order valence-electron chi connectivity index (χ3n) is 5.62. The lowest BCUT2D eigenvalue weighted by atomic mass is 10.1. The van der Waals surface area contributed by atoms with Crippen LogP contribution in [0.5, 0.6) is 0 Å². The summed E-state index contributed by atoms with van der Waals surface area (Å²) in [6.07, 6.45) is 0. The summed E-state index contributed by atoms with van der Waals surface area (Å²) < 4.78 is 0. The summed E-state index contributed by atoms with van der Waals surface area (Å²) in [5.74, 6) is -0.102. The van der Waals surface area contributed by atoms with Crippen LogP contribution in [0.25, 0.3) is 0 Å². The Morgan fingerprint density at radius 3 is 2.09 bits per heavy atom. The van der Waals surface area contributed by atoms with Gasteiger partial charge < -0.3 is 15.1 Å². The quantitative estimate of drug-likeness (QED) is 0.600. The first kappa shape index (κ1) is 21.9. The Morgan fingerprint density at radius 1 is 0.812 bits per heavy atom. The summed E-state index contributed by atoms with van der Waals surface area (Å²) in [6, 6.07) is 20.7. The maximum absolute atomic E-state index is 12.7. The van der Waals surface area contributed by atoms with Crippen LogP contribution in [0, 0.1) is 13.8 Å². The van der Waals surface area contributed by atoms with Crippen LogP contribution in [-0.2, 0) is 0 Å². The van der Waals surface area contributed by atoms with Crippen molar-refractivity contribution >= 4 is 34.8 Å².